The van der Waals surface area contributed by atoms with Crippen molar-refractivity contribution in [3.05, 3.63) is 75.1 Å². The average molecular weight is 433 g/mol. The van der Waals surface area contributed by atoms with Gasteiger partial charge in [0, 0.05) is 6.07 Å². The van der Waals surface area contributed by atoms with Gasteiger partial charge in [0.15, 0.2) is 10.9 Å². The molecule has 4 rings (SSSR count). The largest absolute Gasteiger partial charge is 0.434 e. The molecule has 0 saturated heterocycles. The van der Waals surface area contributed by atoms with E-state index in [1.54, 1.807) is 0 Å². The van der Waals surface area contributed by atoms with Crippen LogP contribution in [0.15, 0.2) is 42.5 Å². The third kappa shape index (κ3) is 4.18. The van der Waals surface area contributed by atoms with E-state index in [2.05, 4.69) is 10.2 Å². The third-order valence-electron chi connectivity index (χ3n) is 4.53. The van der Waals surface area contributed by atoms with Crippen LogP contribution in [0.4, 0.5) is 4.39 Å². The summed E-state index contributed by atoms with van der Waals surface area (Å²) in [5, 5.41) is 7.61. The molecule has 0 N–H and O–H groups in total. The molecule has 1 aromatic heterocycles. The lowest BCUT2D eigenvalue weighted by atomic mass is 10.1. The third-order valence-corrected chi connectivity index (χ3v) is 5.02. The van der Waals surface area contributed by atoms with E-state index in [0.29, 0.717) is 11.7 Å². The van der Waals surface area contributed by atoms with E-state index in [1.165, 1.54) is 18.2 Å². The van der Waals surface area contributed by atoms with Crippen molar-refractivity contribution in [2.24, 2.45) is 0 Å². The minimum absolute atomic E-state index is 0.00743. The van der Waals surface area contributed by atoms with Crippen LogP contribution in [0.25, 0.3) is 0 Å². The summed E-state index contributed by atoms with van der Waals surface area (Å²) in [5.41, 5.74) is 1.57. The Balaban J connectivity index is 1.68. The number of rotatable bonds is 5. The number of hydrogen-bond donors (Lipinski definition) is 0. The molecule has 0 radical (unpaired) electrons. The Hall–Kier alpha value is -2.70. The van der Waals surface area contributed by atoms with Gasteiger partial charge in [-0.05, 0) is 48.9 Å². The van der Waals surface area contributed by atoms with E-state index >= 15 is 0 Å². The van der Waals surface area contributed by atoms with Gasteiger partial charge in [0.25, 0.3) is 5.88 Å². The van der Waals surface area contributed by atoms with Crippen LogP contribution < -0.4 is 9.47 Å². The number of aryl methyl sites for hydroxylation is 1. The van der Waals surface area contributed by atoms with Crippen LogP contribution in [-0.4, -0.2) is 16.2 Å². The monoisotopic (exact) mass is 432 g/mol. The number of carbonyl (C=O) groups is 1. The number of carbonyl (C=O) groups excluding carboxylic acids is 1. The van der Waals surface area contributed by atoms with Crippen LogP contribution in [0.3, 0.4) is 0 Å². The molecule has 0 spiro atoms. The predicted octanol–water partition coefficient (Wildman–Crippen LogP) is 6.12. The van der Waals surface area contributed by atoms with Crippen molar-refractivity contribution < 1.29 is 18.7 Å². The van der Waals surface area contributed by atoms with Crippen molar-refractivity contribution in [2.45, 2.75) is 25.7 Å². The fraction of sp³-hybridized carbons (Fsp3) is 0.190. The quantitative estimate of drug-likeness (QED) is 0.454. The fourth-order valence-electron chi connectivity index (χ4n) is 2.96. The van der Waals surface area contributed by atoms with E-state index in [0.717, 1.165) is 30.0 Å². The lowest BCUT2D eigenvalue weighted by Crippen LogP contribution is -2.13. The molecular weight excluding hydrogens is 418 g/mol. The standard InChI is InChI=1S/C21H15Cl2FN2O3/c1-11-4-2-5-13(12-8-9-12)19(11)29-20-16(10-17(23)25-26-20)28-21(27)18-14(22)6-3-7-15(18)24/h2-7,10,12H,8-9H2,1H3. The molecule has 1 fully saturated rings. The highest BCUT2D eigenvalue weighted by molar-refractivity contribution is 6.33. The number of aromatic nitrogens is 2. The summed E-state index contributed by atoms with van der Waals surface area (Å²) in [5.74, 6) is -0.867. The minimum Gasteiger partial charge on any atom is -0.434 e. The summed E-state index contributed by atoms with van der Waals surface area (Å²) in [6.07, 6.45) is 2.17. The second-order valence-electron chi connectivity index (χ2n) is 6.69. The SMILES string of the molecule is Cc1cccc(C2CC2)c1Oc1nnc(Cl)cc1OC(=O)c1c(F)cccc1Cl. The summed E-state index contributed by atoms with van der Waals surface area (Å²) >= 11 is 11.9. The molecule has 2 aromatic carbocycles. The predicted molar refractivity (Wildman–Crippen MR) is 107 cm³/mol. The lowest BCUT2D eigenvalue weighted by molar-refractivity contribution is 0.0724. The number of halogens is 3. The molecule has 0 bridgehead atoms. The Morgan fingerprint density at radius 3 is 2.62 bits per heavy atom. The van der Waals surface area contributed by atoms with Crippen LogP contribution in [-0.2, 0) is 0 Å². The van der Waals surface area contributed by atoms with Gasteiger partial charge in [-0.1, -0.05) is 47.5 Å². The number of para-hydroxylation sites is 1. The van der Waals surface area contributed by atoms with E-state index in [-0.39, 0.29) is 27.4 Å². The van der Waals surface area contributed by atoms with Gasteiger partial charge in [0.1, 0.15) is 17.1 Å². The number of esters is 1. The average Bonchev–Trinajstić information content (AvgIpc) is 3.50. The smallest absolute Gasteiger partial charge is 0.348 e. The normalized spacial score (nSPS) is 13.2. The van der Waals surface area contributed by atoms with Crippen molar-refractivity contribution in [1.29, 1.82) is 0 Å². The molecule has 5 nitrogen and oxygen atoms in total. The molecule has 3 aromatic rings. The van der Waals surface area contributed by atoms with E-state index in [4.69, 9.17) is 32.7 Å². The zero-order chi connectivity index (χ0) is 20.5. The van der Waals surface area contributed by atoms with Crippen molar-refractivity contribution >= 4 is 29.2 Å². The molecule has 0 unspecified atom stereocenters. The van der Waals surface area contributed by atoms with Crippen LogP contribution in [0.2, 0.25) is 10.2 Å². The van der Waals surface area contributed by atoms with Crippen LogP contribution in [0.1, 0.15) is 40.2 Å². The second kappa shape index (κ2) is 7.97. The maximum absolute atomic E-state index is 14.1. The van der Waals surface area contributed by atoms with Crippen LogP contribution in [0.5, 0.6) is 17.4 Å². The molecule has 148 valence electrons. The van der Waals surface area contributed by atoms with Crippen LogP contribution >= 0.6 is 23.2 Å². The summed E-state index contributed by atoms with van der Waals surface area (Å²) in [7, 11) is 0. The number of hydrogen-bond acceptors (Lipinski definition) is 5. The number of benzene rings is 2. The Bertz CT molecular complexity index is 1080. The Labute approximate surface area is 176 Å². The first-order chi connectivity index (χ1) is 13.9. The first-order valence-corrected chi connectivity index (χ1v) is 9.66. The Morgan fingerprint density at radius 2 is 1.90 bits per heavy atom. The molecule has 1 aliphatic carbocycles. The zero-order valence-electron chi connectivity index (χ0n) is 15.3. The molecule has 29 heavy (non-hydrogen) atoms. The first kappa shape index (κ1) is 19.6. The topological polar surface area (TPSA) is 61.3 Å². The maximum atomic E-state index is 14.1. The van der Waals surface area contributed by atoms with Gasteiger partial charge in [-0.15, -0.1) is 10.2 Å². The molecule has 1 saturated carbocycles. The number of nitrogens with zero attached hydrogens (tertiary/aromatic N) is 2. The Kier molecular flexibility index (Phi) is 5.39. The lowest BCUT2D eigenvalue weighted by Gasteiger charge is -2.15. The summed E-state index contributed by atoms with van der Waals surface area (Å²) in [6, 6.07) is 11.1. The van der Waals surface area contributed by atoms with Gasteiger partial charge < -0.3 is 9.47 Å². The Morgan fingerprint density at radius 1 is 1.14 bits per heavy atom. The highest BCUT2D eigenvalue weighted by atomic mass is 35.5. The minimum atomic E-state index is -0.991. The molecule has 1 heterocycles. The molecule has 0 atom stereocenters. The van der Waals surface area contributed by atoms with Gasteiger partial charge in [0.05, 0.1) is 5.02 Å². The van der Waals surface area contributed by atoms with E-state index in [9.17, 15) is 9.18 Å². The highest BCUT2D eigenvalue weighted by Gasteiger charge is 2.29. The fourth-order valence-corrected chi connectivity index (χ4v) is 3.33. The van der Waals surface area contributed by atoms with Gasteiger partial charge in [0.2, 0.25) is 0 Å². The molecule has 1 aliphatic rings. The molecule has 8 heteroatoms. The van der Waals surface area contributed by atoms with E-state index < -0.39 is 11.8 Å². The van der Waals surface area contributed by atoms with Crippen molar-refractivity contribution in [3.63, 3.8) is 0 Å². The molecular formula is C21H15Cl2FN2O3. The highest BCUT2D eigenvalue weighted by Crippen LogP contribution is 2.47. The van der Waals surface area contributed by atoms with Crippen molar-refractivity contribution in [2.75, 3.05) is 0 Å². The van der Waals surface area contributed by atoms with Crippen LogP contribution in [0, 0.1) is 12.7 Å². The maximum Gasteiger partial charge on any atom is 0.348 e. The van der Waals surface area contributed by atoms with Gasteiger partial charge >= 0.3 is 5.97 Å². The molecule has 0 aliphatic heterocycles. The number of ether oxygens (including phenoxy) is 2. The summed E-state index contributed by atoms with van der Waals surface area (Å²) in [4.78, 5) is 12.5. The summed E-state index contributed by atoms with van der Waals surface area (Å²) < 4.78 is 25.4. The molecule has 0 amide bonds. The zero-order valence-corrected chi connectivity index (χ0v) is 16.8. The first-order valence-electron chi connectivity index (χ1n) is 8.91. The van der Waals surface area contributed by atoms with Crippen molar-refractivity contribution in [1.82, 2.24) is 10.2 Å². The summed E-state index contributed by atoms with van der Waals surface area (Å²) in [6.45, 7) is 1.91. The van der Waals surface area contributed by atoms with Gasteiger partial charge in [-0.25, -0.2) is 9.18 Å². The van der Waals surface area contributed by atoms with Gasteiger partial charge in [-0.3, -0.25) is 0 Å². The van der Waals surface area contributed by atoms with Gasteiger partial charge in [-0.2, -0.15) is 0 Å². The second-order valence-corrected chi connectivity index (χ2v) is 7.49. The van der Waals surface area contributed by atoms with E-state index in [1.807, 2.05) is 25.1 Å². The van der Waals surface area contributed by atoms with Crippen molar-refractivity contribution in [3.8, 4) is 17.4 Å².